The Morgan fingerprint density at radius 1 is 0.437 bits per heavy atom. The zero-order chi connectivity index (χ0) is 51.1. The van der Waals surface area contributed by atoms with Gasteiger partial charge in [0.1, 0.15) is 11.6 Å². The van der Waals surface area contributed by atoms with Gasteiger partial charge >= 0.3 is 0 Å². The van der Waals surface area contributed by atoms with E-state index in [1.165, 1.54) is 22.3 Å². The summed E-state index contributed by atoms with van der Waals surface area (Å²) < 4.78 is 2.32. The minimum Gasteiger partial charge on any atom is -0.507 e. The second kappa shape index (κ2) is 18.8. The van der Waals surface area contributed by atoms with Crippen LogP contribution in [0.15, 0.2) is 128 Å². The Hall–Kier alpha value is -5.57. The topological polar surface area (TPSA) is 50.9 Å². The summed E-state index contributed by atoms with van der Waals surface area (Å²) in [5, 5.41) is 12.7. The summed E-state index contributed by atoms with van der Waals surface area (Å²) in [6.07, 6.45) is 1.91. The van der Waals surface area contributed by atoms with E-state index in [1.807, 2.05) is 6.20 Å². The smallest absolute Gasteiger partial charge is 0.148 e. The minimum atomic E-state index is -0.339. The van der Waals surface area contributed by atoms with Crippen molar-refractivity contribution in [3.8, 4) is 67.5 Å². The predicted octanol–water partition coefficient (Wildman–Crippen LogP) is 18.0. The Morgan fingerprint density at radius 2 is 0.958 bits per heavy atom. The molecule has 0 saturated carbocycles. The monoisotopic (exact) mass is 1120 g/mol. The van der Waals surface area contributed by atoms with E-state index < -0.39 is 0 Å². The number of hydrogen-bond acceptors (Lipinski definition) is 3. The molecular weight excluding hydrogens is 1050 g/mol. The van der Waals surface area contributed by atoms with Crippen LogP contribution < -0.4 is 0 Å². The van der Waals surface area contributed by atoms with Gasteiger partial charge in [0.2, 0.25) is 0 Å². The molecule has 71 heavy (non-hydrogen) atoms. The van der Waals surface area contributed by atoms with E-state index in [1.54, 1.807) is 0 Å². The molecule has 4 nitrogen and oxygen atoms in total. The average Bonchev–Trinajstić information content (AvgIpc) is 3.66. The Morgan fingerprint density at radius 3 is 1.51 bits per heavy atom. The molecular formula is C66H76N3OPt-. The summed E-state index contributed by atoms with van der Waals surface area (Å²) in [5.74, 6) is 0.943. The molecule has 0 amide bonds. The first kappa shape index (κ1) is 53.2. The molecule has 5 heteroatoms. The van der Waals surface area contributed by atoms with Gasteiger partial charge in [-0.25, -0.2) is 4.98 Å². The molecule has 0 aliphatic rings. The number of aromatic nitrogens is 3. The molecule has 1 N–H and O–H groups in total. The number of nitrogens with zero attached hydrogens (tertiary/aromatic N) is 3. The van der Waals surface area contributed by atoms with Crippen LogP contribution in [0.2, 0.25) is 0 Å². The maximum atomic E-state index is 12.7. The van der Waals surface area contributed by atoms with E-state index in [-0.39, 0.29) is 59.3 Å². The van der Waals surface area contributed by atoms with Crippen molar-refractivity contribution in [1.29, 1.82) is 0 Å². The molecule has 0 aliphatic heterocycles. The van der Waals surface area contributed by atoms with Crippen molar-refractivity contribution in [1.82, 2.24) is 14.5 Å². The second-order valence-electron chi connectivity index (χ2n) is 25.9. The second-order valence-corrected chi connectivity index (χ2v) is 25.9. The fourth-order valence-corrected chi connectivity index (χ4v) is 9.33. The number of hydrogen-bond donors (Lipinski definition) is 1. The van der Waals surface area contributed by atoms with Gasteiger partial charge in [0.25, 0.3) is 0 Å². The first-order valence-electron chi connectivity index (χ1n) is 25.2. The predicted molar refractivity (Wildman–Crippen MR) is 299 cm³/mol. The number of phenolic OH excluding ortho intramolecular Hbond substituents is 1. The standard InChI is InChI=1S/C66H76N3O.Pt/c1-61(2,3)46-26-22-41(23-27-46)43-32-33-67-55(37-43)45-34-44(35-49(36-45)64(10,11)12)52-20-19-21-56-58(52)68-60(53-38-50(65(13,14)15)39-54(59(53)70)66(16,17)18)69(56)57-40-48(63(7,8)9)30-31-51(57)42-24-28-47(29-25-42)62(4,5)6;/h19-33,35-40,70H,1-18H3;/q-1;. The van der Waals surface area contributed by atoms with Gasteiger partial charge in [-0.2, -0.15) is 0 Å². The molecule has 0 saturated heterocycles. The van der Waals surface area contributed by atoms with Gasteiger partial charge < -0.3 is 5.11 Å². The maximum Gasteiger partial charge on any atom is 0.148 e. The van der Waals surface area contributed by atoms with Crippen LogP contribution in [-0.4, -0.2) is 19.6 Å². The number of imidazole rings is 1. The number of aromatic hydroxyl groups is 1. The zero-order valence-electron chi connectivity index (χ0n) is 45.7. The fourth-order valence-electron chi connectivity index (χ4n) is 9.33. The summed E-state index contributed by atoms with van der Waals surface area (Å²) in [7, 11) is 0. The van der Waals surface area contributed by atoms with Crippen LogP contribution in [0, 0.1) is 6.07 Å². The van der Waals surface area contributed by atoms with Gasteiger partial charge in [0.15, 0.2) is 0 Å². The molecule has 0 bridgehead atoms. The van der Waals surface area contributed by atoms with E-state index in [0.717, 1.165) is 72.5 Å². The van der Waals surface area contributed by atoms with E-state index in [9.17, 15) is 5.11 Å². The van der Waals surface area contributed by atoms with Crippen molar-refractivity contribution >= 4 is 11.0 Å². The van der Waals surface area contributed by atoms with Crippen LogP contribution in [0.3, 0.4) is 0 Å². The molecule has 8 aromatic rings. The van der Waals surface area contributed by atoms with Crippen LogP contribution in [-0.2, 0) is 53.6 Å². The van der Waals surface area contributed by atoms with Crippen LogP contribution in [0.4, 0.5) is 0 Å². The quantitative estimate of drug-likeness (QED) is 0.169. The first-order valence-corrected chi connectivity index (χ1v) is 25.2. The van der Waals surface area contributed by atoms with Crippen LogP contribution in [0.1, 0.15) is 158 Å². The zero-order valence-corrected chi connectivity index (χ0v) is 48.0. The van der Waals surface area contributed by atoms with E-state index in [0.29, 0.717) is 11.4 Å². The fraction of sp³-hybridized carbons (Fsp3) is 0.364. The molecule has 2 aromatic heterocycles. The molecule has 372 valence electrons. The molecule has 0 radical (unpaired) electrons. The summed E-state index contributed by atoms with van der Waals surface area (Å²) in [4.78, 5) is 10.7. The molecule has 8 rings (SSSR count). The Labute approximate surface area is 440 Å². The van der Waals surface area contributed by atoms with Crippen LogP contribution in [0.5, 0.6) is 5.75 Å². The molecule has 6 aromatic carbocycles. The Kier molecular flexibility index (Phi) is 14.1. The van der Waals surface area contributed by atoms with Crippen LogP contribution in [0.25, 0.3) is 72.7 Å². The van der Waals surface area contributed by atoms with Gasteiger partial charge in [0.05, 0.1) is 22.3 Å². The third-order valence-corrected chi connectivity index (χ3v) is 14.0. The Balaban J connectivity index is 0.00000741. The van der Waals surface area contributed by atoms with Gasteiger partial charge in [-0.05, 0) is 95.7 Å². The third-order valence-electron chi connectivity index (χ3n) is 14.0. The molecule has 0 unspecified atom stereocenters. The van der Waals surface area contributed by atoms with Crippen molar-refractivity contribution in [2.45, 2.75) is 157 Å². The molecule has 0 atom stereocenters. The minimum absolute atomic E-state index is 0. The normalized spacial score (nSPS) is 12.9. The van der Waals surface area contributed by atoms with Crippen molar-refractivity contribution in [2.24, 2.45) is 0 Å². The van der Waals surface area contributed by atoms with Gasteiger partial charge in [0, 0.05) is 44.1 Å². The number of rotatable bonds is 6. The van der Waals surface area contributed by atoms with Crippen molar-refractivity contribution in [3.05, 3.63) is 167 Å². The first-order chi connectivity index (χ1) is 32.4. The van der Waals surface area contributed by atoms with E-state index >= 15 is 0 Å². The van der Waals surface area contributed by atoms with Gasteiger partial charge in [-0.1, -0.05) is 221 Å². The number of benzene rings is 6. The third kappa shape index (κ3) is 11.0. The van der Waals surface area contributed by atoms with Gasteiger partial charge in [-0.15, -0.1) is 29.3 Å². The van der Waals surface area contributed by atoms with Crippen molar-refractivity contribution in [2.75, 3.05) is 0 Å². The number of pyridine rings is 1. The Bertz CT molecular complexity index is 3240. The summed E-state index contributed by atoms with van der Waals surface area (Å²) in [5.41, 5.74) is 17.9. The molecule has 0 aliphatic carbocycles. The van der Waals surface area contributed by atoms with Crippen LogP contribution >= 0.6 is 0 Å². The number of phenols is 1. The summed E-state index contributed by atoms with van der Waals surface area (Å²) in [6, 6.07) is 48.4. The molecule has 0 fully saturated rings. The van der Waals surface area contributed by atoms with Gasteiger partial charge in [-0.3, -0.25) is 9.55 Å². The van der Waals surface area contributed by atoms with E-state index in [4.69, 9.17) is 9.97 Å². The van der Waals surface area contributed by atoms with Crippen molar-refractivity contribution < 1.29 is 26.2 Å². The number of fused-ring (bicyclic) bond motifs is 1. The van der Waals surface area contributed by atoms with E-state index in [2.05, 4.69) is 257 Å². The summed E-state index contributed by atoms with van der Waals surface area (Å²) >= 11 is 0. The average molecular weight is 1120 g/mol. The largest absolute Gasteiger partial charge is 0.507 e. The maximum absolute atomic E-state index is 12.7. The summed E-state index contributed by atoms with van der Waals surface area (Å²) in [6.45, 7) is 40.4. The number of para-hydroxylation sites is 1. The SMILES string of the molecule is CC(C)(C)c1ccc(-c2ccnc(-c3[c-]c(-c4cccc5c4nc(-c4cc(C(C)(C)C)cc(C(C)(C)C)c4O)n5-c4cc(C(C)(C)C)ccc4-c4ccc(C(C)(C)C)cc4)cc(C(C)(C)C)c3)c2)cc1.[Pt]. The molecule has 0 spiro atoms. The molecule has 2 heterocycles. The van der Waals surface area contributed by atoms with Crippen molar-refractivity contribution in [3.63, 3.8) is 0 Å².